The number of hydrogen-bond donors (Lipinski definition) is 1. The average Bonchev–Trinajstić information content (AvgIpc) is 2.76. The highest BCUT2D eigenvalue weighted by Crippen LogP contribution is 2.21. The number of carbonyl (C=O) groups is 5. The topological polar surface area (TPSA) is 142 Å². The van der Waals surface area contributed by atoms with Crippen molar-refractivity contribution in [3.8, 4) is 0 Å². The molecule has 0 aromatic carbocycles. The molecular weight excluding hydrogens is 400 g/mol. The minimum Gasteiger partial charge on any atom is -0.481 e. The molecule has 0 aromatic rings. The predicted octanol–water partition coefficient (Wildman–Crippen LogP) is 1.37. The summed E-state index contributed by atoms with van der Waals surface area (Å²) in [7, 11) is 0. The molecule has 0 aromatic heterocycles. The van der Waals surface area contributed by atoms with Crippen molar-refractivity contribution in [1.29, 1.82) is 0 Å². The molecule has 0 saturated heterocycles. The molecule has 0 aliphatic heterocycles. The summed E-state index contributed by atoms with van der Waals surface area (Å²) in [5.74, 6) is -3.78. The highest BCUT2D eigenvalue weighted by molar-refractivity contribution is 5.82. The molecule has 0 aliphatic rings. The third kappa shape index (κ3) is 14.4. The van der Waals surface area contributed by atoms with Crippen molar-refractivity contribution in [2.75, 3.05) is 26.4 Å². The van der Waals surface area contributed by atoms with E-state index in [0.717, 1.165) is 24.3 Å². The van der Waals surface area contributed by atoms with Crippen LogP contribution in [-0.4, -0.2) is 61.4 Å². The summed E-state index contributed by atoms with van der Waals surface area (Å²) in [6.45, 7) is 13.1. The lowest BCUT2D eigenvalue weighted by atomic mass is 9.92. The van der Waals surface area contributed by atoms with E-state index in [-0.39, 0.29) is 32.8 Å². The zero-order valence-electron chi connectivity index (χ0n) is 16.8. The average molecular weight is 426 g/mol. The van der Waals surface area contributed by atoms with E-state index in [1.165, 1.54) is 0 Å². The number of carbonyl (C=O) groups excluding carboxylic acids is 4. The van der Waals surface area contributed by atoms with E-state index in [1.54, 1.807) is 6.92 Å². The van der Waals surface area contributed by atoms with E-state index < -0.39 is 35.3 Å². The maximum Gasteiger partial charge on any atom is 0.330 e. The molecule has 0 aliphatic carbocycles. The molecule has 0 heterocycles. The fourth-order valence-electron chi connectivity index (χ4n) is 1.38. The Bertz CT molecular complexity index is 561. The van der Waals surface area contributed by atoms with Crippen LogP contribution in [0.25, 0.3) is 0 Å². The summed E-state index contributed by atoms with van der Waals surface area (Å²) in [4.78, 5) is 54.7. The summed E-state index contributed by atoms with van der Waals surface area (Å²) in [6.07, 6.45) is 3.91. The van der Waals surface area contributed by atoms with Crippen LogP contribution in [-0.2, 0) is 42.9 Å². The molecule has 0 bridgehead atoms. The molecule has 10 nitrogen and oxygen atoms in total. The van der Waals surface area contributed by atoms with Crippen LogP contribution in [0.5, 0.6) is 0 Å². The first-order valence-corrected chi connectivity index (χ1v) is 8.48. The van der Waals surface area contributed by atoms with E-state index in [0.29, 0.717) is 0 Å². The van der Waals surface area contributed by atoms with Crippen LogP contribution in [0.15, 0.2) is 50.6 Å². The number of esters is 4. The van der Waals surface area contributed by atoms with Gasteiger partial charge in [-0.15, -0.1) is 0 Å². The molecule has 0 unspecified atom stereocenters. The zero-order chi connectivity index (χ0) is 23.6. The van der Waals surface area contributed by atoms with Crippen molar-refractivity contribution in [1.82, 2.24) is 0 Å². The Balaban J connectivity index is 0. The normalized spacial score (nSPS) is 9.50. The Labute approximate surface area is 174 Å². The van der Waals surface area contributed by atoms with Gasteiger partial charge in [0, 0.05) is 30.7 Å². The van der Waals surface area contributed by atoms with Gasteiger partial charge in [-0.05, 0) is 0 Å². The van der Waals surface area contributed by atoms with E-state index in [1.807, 2.05) is 0 Å². The molecule has 0 fully saturated rings. The lowest BCUT2D eigenvalue weighted by molar-refractivity contribution is -0.164. The first kappa shape index (κ1) is 28.5. The fourth-order valence-corrected chi connectivity index (χ4v) is 1.38. The van der Waals surface area contributed by atoms with Crippen molar-refractivity contribution >= 4 is 29.8 Å². The van der Waals surface area contributed by atoms with Crippen LogP contribution in [0.1, 0.15) is 13.3 Å². The van der Waals surface area contributed by atoms with Gasteiger partial charge in [-0.25, -0.2) is 19.2 Å². The maximum atomic E-state index is 11.3. The molecular formula is C20H26O10. The Morgan fingerprint density at radius 2 is 0.867 bits per heavy atom. The lowest BCUT2D eigenvalue weighted by Crippen LogP contribution is -2.43. The van der Waals surface area contributed by atoms with Gasteiger partial charge in [-0.2, -0.15) is 0 Å². The first-order valence-electron chi connectivity index (χ1n) is 8.48. The number of carboxylic acid groups (broad SMARTS) is 1. The minimum absolute atomic E-state index is 0.222. The van der Waals surface area contributed by atoms with Crippen molar-refractivity contribution in [3.05, 3.63) is 50.6 Å². The zero-order valence-corrected chi connectivity index (χ0v) is 16.8. The van der Waals surface area contributed by atoms with Gasteiger partial charge in [0.05, 0.1) is 0 Å². The van der Waals surface area contributed by atoms with Gasteiger partial charge in [-0.3, -0.25) is 4.79 Å². The number of aliphatic carboxylic acids is 1. The SMILES string of the molecule is C=CC(=O)OCC(COC(=O)C=C)(COC(=O)C=C)COC(=O)C=C.CCC(=O)O. The molecule has 10 heteroatoms. The first-order chi connectivity index (χ1) is 14.1. The van der Waals surface area contributed by atoms with Crippen molar-refractivity contribution < 1.29 is 48.0 Å². The molecule has 0 atom stereocenters. The third-order valence-electron chi connectivity index (χ3n) is 3.05. The maximum absolute atomic E-state index is 11.3. The standard InChI is InChI=1S/C17H20O8.C3H6O2/c1-5-13(18)22-9-17(10-23-14(19)6-2,11-24-15(20)7-3)12-25-16(21)8-4;1-2-3(4)5/h5-8H,1-4,9-12H2;2H2,1H3,(H,4,5). The van der Waals surface area contributed by atoms with E-state index in [9.17, 15) is 24.0 Å². The van der Waals surface area contributed by atoms with Gasteiger partial charge >= 0.3 is 29.8 Å². The van der Waals surface area contributed by atoms with Crippen molar-refractivity contribution in [3.63, 3.8) is 0 Å². The molecule has 0 saturated carbocycles. The largest absolute Gasteiger partial charge is 0.481 e. The number of rotatable bonds is 13. The second kappa shape index (κ2) is 16.3. The molecule has 0 amide bonds. The summed E-state index contributed by atoms with van der Waals surface area (Å²) in [5, 5.41) is 7.72. The summed E-state index contributed by atoms with van der Waals surface area (Å²) in [5.41, 5.74) is -1.34. The predicted molar refractivity (Wildman–Crippen MR) is 105 cm³/mol. The molecule has 0 radical (unpaired) electrons. The van der Waals surface area contributed by atoms with Gasteiger partial charge in [0.25, 0.3) is 0 Å². The molecule has 166 valence electrons. The number of carboxylic acids is 1. The van der Waals surface area contributed by atoms with Crippen LogP contribution >= 0.6 is 0 Å². The summed E-state index contributed by atoms with van der Waals surface area (Å²) >= 11 is 0. The van der Waals surface area contributed by atoms with Gasteiger partial charge in [-0.1, -0.05) is 33.2 Å². The van der Waals surface area contributed by atoms with Crippen LogP contribution in [0.3, 0.4) is 0 Å². The van der Waals surface area contributed by atoms with Crippen LogP contribution in [0, 0.1) is 5.41 Å². The highest BCUT2D eigenvalue weighted by Gasteiger charge is 2.37. The molecule has 30 heavy (non-hydrogen) atoms. The fraction of sp³-hybridized carbons (Fsp3) is 0.350. The van der Waals surface area contributed by atoms with Crippen LogP contribution in [0.2, 0.25) is 0 Å². The molecule has 0 rings (SSSR count). The Morgan fingerprint density at radius 3 is 1.00 bits per heavy atom. The van der Waals surface area contributed by atoms with E-state index in [4.69, 9.17) is 24.1 Å². The summed E-state index contributed by atoms with van der Waals surface area (Å²) < 4.78 is 19.8. The number of hydrogen-bond acceptors (Lipinski definition) is 9. The highest BCUT2D eigenvalue weighted by atomic mass is 16.6. The van der Waals surface area contributed by atoms with Gasteiger partial charge in [0.1, 0.15) is 31.8 Å². The smallest absolute Gasteiger partial charge is 0.330 e. The summed E-state index contributed by atoms with van der Waals surface area (Å²) in [6, 6.07) is 0. The van der Waals surface area contributed by atoms with Gasteiger partial charge in [0.15, 0.2) is 0 Å². The van der Waals surface area contributed by atoms with E-state index >= 15 is 0 Å². The second-order valence-corrected chi connectivity index (χ2v) is 5.49. The lowest BCUT2D eigenvalue weighted by Gasteiger charge is -2.31. The molecule has 1 N–H and O–H groups in total. The minimum atomic E-state index is -1.34. The van der Waals surface area contributed by atoms with Crippen LogP contribution < -0.4 is 0 Å². The van der Waals surface area contributed by atoms with E-state index in [2.05, 4.69) is 26.3 Å². The van der Waals surface area contributed by atoms with Crippen molar-refractivity contribution in [2.24, 2.45) is 5.41 Å². The quantitative estimate of drug-likeness (QED) is 0.260. The second-order valence-electron chi connectivity index (χ2n) is 5.49. The molecule has 0 spiro atoms. The van der Waals surface area contributed by atoms with Crippen molar-refractivity contribution in [2.45, 2.75) is 13.3 Å². The van der Waals surface area contributed by atoms with Gasteiger partial charge < -0.3 is 24.1 Å². The monoisotopic (exact) mass is 426 g/mol. The third-order valence-corrected chi connectivity index (χ3v) is 3.05. The Morgan fingerprint density at radius 1 is 0.667 bits per heavy atom. The Hall–Kier alpha value is -3.69. The van der Waals surface area contributed by atoms with Gasteiger partial charge in [0.2, 0.25) is 0 Å². The Kier molecular flexibility index (Phi) is 15.5. The number of ether oxygens (including phenoxy) is 4. The van der Waals surface area contributed by atoms with Crippen LogP contribution in [0.4, 0.5) is 0 Å².